The van der Waals surface area contributed by atoms with Gasteiger partial charge in [-0.25, -0.2) is 0 Å². The van der Waals surface area contributed by atoms with Gasteiger partial charge in [-0.15, -0.1) is 0 Å². The minimum absolute atomic E-state index is 0.239. The normalized spacial score (nSPS) is 25.9. The lowest BCUT2D eigenvalue weighted by Gasteiger charge is -2.19. The van der Waals surface area contributed by atoms with Crippen molar-refractivity contribution in [2.24, 2.45) is 5.41 Å². The van der Waals surface area contributed by atoms with E-state index in [4.69, 9.17) is 0 Å². The first-order chi connectivity index (χ1) is 4.95. The van der Waals surface area contributed by atoms with E-state index in [0.29, 0.717) is 5.41 Å². The third-order valence-corrected chi connectivity index (χ3v) is 3.02. The lowest BCUT2D eigenvalue weighted by Crippen LogP contribution is -2.09. The van der Waals surface area contributed by atoms with Gasteiger partial charge in [0.25, 0.3) is 0 Å². The second-order valence-electron chi connectivity index (χ2n) is 4.21. The maximum absolute atomic E-state index is 9.40. The molecule has 0 radical (unpaired) electrons. The van der Waals surface area contributed by atoms with E-state index < -0.39 is 0 Å². The molecule has 0 aromatic heterocycles. The van der Waals surface area contributed by atoms with Crippen LogP contribution in [0.2, 0.25) is 0 Å². The Labute approximate surface area is 69.1 Å². The van der Waals surface area contributed by atoms with Crippen LogP contribution < -0.4 is 0 Å². The van der Waals surface area contributed by atoms with E-state index >= 15 is 0 Å². The number of allylic oxidation sites excluding steroid dienone is 1. The summed E-state index contributed by atoms with van der Waals surface area (Å²) in [6.07, 6.45) is 2.03. The van der Waals surface area contributed by atoms with Gasteiger partial charge in [-0.05, 0) is 37.7 Å². The van der Waals surface area contributed by atoms with Crippen LogP contribution in [0.25, 0.3) is 0 Å². The number of aliphatic hydroxyl groups is 1. The monoisotopic (exact) mass is 154 g/mol. The minimum atomic E-state index is -0.239. The molecule has 64 valence electrons. The zero-order valence-corrected chi connectivity index (χ0v) is 7.94. The van der Waals surface area contributed by atoms with E-state index in [-0.39, 0.29) is 6.10 Å². The molecule has 0 saturated carbocycles. The van der Waals surface area contributed by atoms with Crippen molar-refractivity contribution < 1.29 is 5.11 Å². The Hall–Kier alpha value is -0.300. The number of hydrogen-bond acceptors (Lipinski definition) is 1. The van der Waals surface area contributed by atoms with Crippen LogP contribution in [0, 0.1) is 5.41 Å². The van der Waals surface area contributed by atoms with Crippen LogP contribution in [-0.4, -0.2) is 11.2 Å². The summed E-state index contributed by atoms with van der Waals surface area (Å²) in [4.78, 5) is 0. The highest BCUT2D eigenvalue weighted by Crippen LogP contribution is 2.42. The molecule has 1 atom stereocenters. The Morgan fingerprint density at radius 3 is 2.18 bits per heavy atom. The molecule has 1 N–H and O–H groups in total. The molecule has 1 nitrogen and oxygen atoms in total. The maximum Gasteiger partial charge on any atom is 0.0724 e. The van der Waals surface area contributed by atoms with Crippen LogP contribution in [0.3, 0.4) is 0 Å². The first-order valence-electron chi connectivity index (χ1n) is 4.33. The zero-order valence-electron chi connectivity index (χ0n) is 7.94. The first kappa shape index (κ1) is 8.79. The molecule has 0 aromatic rings. The van der Waals surface area contributed by atoms with Gasteiger partial charge in [0.05, 0.1) is 6.10 Å². The molecule has 1 aliphatic rings. The fourth-order valence-electron chi connectivity index (χ4n) is 1.78. The van der Waals surface area contributed by atoms with Gasteiger partial charge in [0.15, 0.2) is 0 Å². The summed E-state index contributed by atoms with van der Waals surface area (Å²) in [5.74, 6) is 0. The molecule has 11 heavy (non-hydrogen) atoms. The highest BCUT2D eigenvalue weighted by Gasteiger charge is 2.30. The van der Waals surface area contributed by atoms with Crippen molar-refractivity contribution in [1.82, 2.24) is 0 Å². The van der Waals surface area contributed by atoms with Crippen LogP contribution in [0.15, 0.2) is 11.1 Å². The molecule has 1 rings (SSSR count). The van der Waals surface area contributed by atoms with Gasteiger partial charge >= 0.3 is 0 Å². The Kier molecular flexibility index (Phi) is 2.10. The van der Waals surface area contributed by atoms with Gasteiger partial charge in [-0.2, -0.15) is 0 Å². The van der Waals surface area contributed by atoms with Crippen molar-refractivity contribution in [2.75, 3.05) is 0 Å². The largest absolute Gasteiger partial charge is 0.389 e. The number of hydrogen-bond donors (Lipinski definition) is 1. The highest BCUT2D eigenvalue weighted by molar-refractivity contribution is 5.27. The Morgan fingerprint density at radius 2 is 2.00 bits per heavy atom. The lowest BCUT2D eigenvalue weighted by atomic mass is 9.86. The van der Waals surface area contributed by atoms with Crippen molar-refractivity contribution in [3.05, 3.63) is 11.1 Å². The SMILES string of the molecule is CC1=C(C(C)O)CCC1(C)C. The molecule has 0 spiro atoms. The van der Waals surface area contributed by atoms with E-state index in [2.05, 4.69) is 20.8 Å². The summed E-state index contributed by atoms with van der Waals surface area (Å²) in [5.41, 5.74) is 2.98. The molecule has 0 aliphatic heterocycles. The van der Waals surface area contributed by atoms with Gasteiger partial charge in [0, 0.05) is 0 Å². The van der Waals surface area contributed by atoms with Crippen molar-refractivity contribution in [3.63, 3.8) is 0 Å². The van der Waals surface area contributed by atoms with Crippen LogP contribution in [0.4, 0.5) is 0 Å². The molecule has 0 aromatic carbocycles. The summed E-state index contributed by atoms with van der Waals surface area (Å²) >= 11 is 0. The minimum Gasteiger partial charge on any atom is -0.389 e. The van der Waals surface area contributed by atoms with Crippen LogP contribution >= 0.6 is 0 Å². The van der Waals surface area contributed by atoms with E-state index in [1.807, 2.05) is 6.92 Å². The van der Waals surface area contributed by atoms with Gasteiger partial charge in [-0.3, -0.25) is 0 Å². The highest BCUT2D eigenvalue weighted by atomic mass is 16.3. The van der Waals surface area contributed by atoms with E-state index in [1.165, 1.54) is 17.6 Å². The molecule has 0 bridgehead atoms. The molecule has 1 unspecified atom stereocenters. The van der Waals surface area contributed by atoms with Crippen LogP contribution in [0.5, 0.6) is 0 Å². The predicted molar refractivity (Wildman–Crippen MR) is 47.4 cm³/mol. The smallest absolute Gasteiger partial charge is 0.0724 e. The van der Waals surface area contributed by atoms with Gasteiger partial charge < -0.3 is 5.11 Å². The van der Waals surface area contributed by atoms with Gasteiger partial charge in [0.2, 0.25) is 0 Å². The van der Waals surface area contributed by atoms with E-state index in [0.717, 1.165) is 6.42 Å². The van der Waals surface area contributed by atoms with Crippen molar-refractivity contribution in [2.45, 2.75) is 46.6 Å². The van der Waals surface area contributed by atoms with Crippen LogP contribution in [0.1, 0.15) is 40.5 Å². The summed E-state index contributed by atoms with van der Waals surface area (Å²) in [6.45, 7) is 8.50. The predicted octanol–water partition coefficient (Wildman–Crippen LogP) is 2.50. The molecule has 0 fully saturated rings. The molecule has 0 saturated heterocycles. The molecule has 1 heteroatoms. The van der Waals surface area contributed by atoms with Crippen molar-refractivity contribution in [3.8, 4) is 0 Å². The summed E-state index contributed by atoms with van der Waals surface area (Å²) in [6, 6.07) is 0. The average Bonchev–Trinajstić information content (AvgIpc) is 2.09. The van der Waals surface area contributed by atoms with Gasteiger partial charge in [0.1, 0.15) is 0 Å². The molecular weight excluding hydrogens is 136 g/mol. The number of rotatable bonds is 1. The fraction of sp³-hybridized carbons (Fsp3) is 0.800. The maximum atomic E-state index is 9.40. The van der Waals surface area contributed by atoms with Crippen molar-refractivity contribution in [1.29, 1.82) is 0 Å². The first-order valence-corrected chi connectivity index (χ1v) is 4.33. The lowest BCUT2D eigenvalue weighted by molar-refractivity contribution is 0.228. The average molecular weight is 154 g/mol. The summed E-state index contributed by atoms with van der Waals surface area (Å²) < 4.78 is 0. The quantitative estimate of drug-likeness (QED) is 0.575. The third kappa shape index (κ3) is 1.48. The van der Waals surface area contributed by atoms with E-state index in [1.54, 1.807) is 0 Å². The zero-order chi connectivity index (χ0) is 8.65. The molecule has 0 amide bonds. The Balaban J connectivity index is 2.90. The summed E-state index contributed by atoms with van der Waals surface area (Å²) in [5, 5.41) is 9.40. The standard InChI is InChI=1S/C10H18O/c1-7-9(8(2)11)5-6-10(7,3)4/h8,11H,5-6H2,1-4H3. The fourth-order valence-corrected chi connectivity index (χ4v) is 1.78. The molecular formula is C10H18O. The van der Waals surface area contributed by atoms with Crippen LogP contribution in [-0.2, 0) is 0 Å². The van der Waals surface area contributed by atoms with Gasteiger partial charge in [-0.1, -0.05) is 19.4 Å². The Morgan fingerprint density at radius 1 is 1.45 bits per heavy atom. The van der Waals surface area contributed by atoms with Crippen molar-refractivity contribution >= 4 is 0 Å². The van der Waals surface area contributed by atoms with E-state index in [9.17, 15) is 5.11 Å². The third-order valence-electron chi connectivity index (χ3n) is 3.02. The molecule has 1 aliphatic carbocycles. The summed E-state index contributed by atoms with van der Waals surface area (Å²) in [7, 11) is 0. The number of aliphatic hydroxyl groups excluding tert-OH is 1. The second kappa shape index (κ2) is 2.63. The topological polar surface area (TPSA) is 20.2 Å². The molecule has 0 heterocycles. The second-order valence-corrected chi connectivity index (χ2v) is 4.21. The Bertz CT molecular complexity index is 187.